The van der Waals surface area contributed by atoms with Gasteiger partial charge in [-0.05, 0) is 49.9 Å². The van der Waals surface area contributed by atoms with Crippen LogP contribution in [0.1, 0.15) is 66.4 Å². The number of nitrogens with one attached hydrogen (secondary N) is 1. The Morgan fingerprint density at radius 3 is 2.48 bits per heavy atom. The van der Waals surface area contributed by atoms with Crippen LogP contribution < -0.4 is 11.2 Å². The smallest absolute Gasteiger partial charge is 0.290 e. The minimum atomic E-state index is -0.554. The molecule has 0 bridgehead atoms. The molecule has 1 aromatic heterocycles. The molecule has 0 aliphatic heterocycles. The number of rotatable bonds is 5. The number of benzene rings is 1. The number of allylic oxidation sites excluding steroid dienone is 1. The number of aromatic nitrogens is 2. The third-order valence-electron chi connectivity index (χ3n) is 4.06. The number of aryl methyl sites for hydroxylation is 1. The zero-order valence-electron chi connectivity index (χ0n) is 15.3. The Morgan fingerprint density at radius 1 is 1.24 bits per heavy atom. The second-order valence-electron chi connectivity index (χ2n) is 6.38. The molecule has 0 radical (unpaired) electrons. The van der Waals surface area contributed by atoms with E-state index in [1.807, 2.05) is 45.9 Å². The molecule has 5 heteroatoms. The molecule has 25 heavy (non-hydrogen) atoms. The second-order valence-corrected chi connectivity index (χ2v) is 6.38. The van der Waals surface area contributed by atoms with E-state index in [9.17, 15) is 14.4 Å². The Kier molecular flexibility index (Phi) is 5.57. The van der Waals surface area contributed by atoms with Crippen molar-refractivity contribution < 1.29 is 4.79 Å². The van der Waals surface area contributed by atoms with Crippen LogP contribution in [0.15, 0.2) is 33.9 Å². The highest BCUT2D eigenvalue weighted by Crippen LogP contribution is 2.20. The van der Waals surface area contributed by atoms with E-state index in [4.69, 9.17) is 0 Å². The second kappa shape index (κ2) is 7.47. The van der Waals surface area contributed by atoms with E-state index < -0.39 is 11.2 Å². The molecule has 1 heterocycles. The summed E-state index contributed by atoms with van der Waals surface area (Å²) in [5.41, 5.74) is 1.81. The summed E-state index contributed by atoms with van der Waals surface area (Å²) in [6.07, 6.45) is 3.82. The van der Waals surface area contributed by atoms with Crippen LogP contribution in [0.4, 0.5) is 0 Å². The van der Waals surface area contributed by atoms with Gasteiger partial charge in [0.05, 0.1) is 0 Å². The number of carbonyl (C=O) groups is 1. The normalized spacial score (nSPS) is 11.4. The van der Waals surface area contributed by atoms with Crippen molar-refractivity contribution in [2.24, 2.45) is 0 Å². The monoisotopic (exact) mass is 340 g/mol. The molecule has 5 nitrogen and oxygen atoms in total. The van der Waals surface area contributed by atoms with Gasteiger partial charge in [0.2, 0.25) is 5.78 Å². The first kappa shape index (κ1) is 18.6. The van der Waals surface area contributed by atoms with Gasteiger partial charge in [0.15, 0.2) is 0 Å². The first-order valence-corrected chi connectivity index (χ1v) is 8.46. The highest BCUT2D eigenvalue weighted by molar-refractivity contribution is 6.09. The van der Waals surface area contributed by atoms with Gasteiger partial charge in [0, 0.05) is 17.7 Å². The van der Waals surface area contributed by atoms with Crippen molar-refractivity contribution in [1.29, 1.82) is 0 Å². The van der Waals surface area contributed by atoms with Crippen LogP contribution in [-0.2, 0) is 6.54 Å². The topological polar surface area (TPSA) is 71.9 Å². The lowest BCUT2D eigenvalue weighted by atomic mass is 9.95. The maximum Gasteiger partial charge on any atom is 0.328 e. The molecular weight excluding hydrogens is 316 g/mol. The molecule has 0 amide bonds. The largest absolute Gasteiger partial charge is 0.328 e. The summed E-state index contributed by atoms with van der Waals surface area (Å²) in [4.78, 5) is 40.0. The van der Waals surface area contributed by atoms with Gasteiger partial charge < -0.3 is 0 Å². The Labute approximate surface area is 147 Å². The first-order chi connectivity index (χ1) is 11.8. The molecule has 0 aliphatic rings. The summed E-state index contributed by atoms with van der Waals surface area (Å²) >= 11 is 0. The number of hydrogen-bond donors (Lipinski definition) is 1. The van der Waals surface area contributed by atoms with Crippen molar-refractivity contribution in [1.82, 2.24) is 9.55 Å². The molecule has 1 N–H and O–H groups in total. The van der Waals surface area contributed by atoms with Gasteiger partial charge in [-0.25, -0.2) is 4.79 Å². The minimum absolute atomic E-state index is 0.180. The van der Waals surface area contributed by atoms with E-state index in [0.29, 0.717) is 17.7 Å². The molecule has 0 spiro atoms. The maximum atomic E-state index is 13.2. The molecule has 1 aromatic carbocycles. The number of aromatic amines is 1. The average Bonchev–Trinajstić information content (AvgIpc) is 2.52. The Hall–Kier alpha value is -2.69. The third-order valence-corrected chi connectivity index (χ3v) is 4.06. The molecule has 0 saturated heterocycles. The molecule has 2 rings (SSSR count). The van der Waals surface area contributed by atoms with Crippen molar-refractivity contribution >= 4 is 11.9 Å². The van der Waals surface area contributed by atoms with E-state index >= 15 is 0 Å². The van der Waals surface area contributed by atoms with Gasteiger partial charge in [-0.3, -0.25) is 19.1 Å². The Bertz CT molecular complexity index is 946. The van der Waals surface area contributed by atoms with Crippen LogP contribution in [0.25, 0.3) is 6.08 Å². The predicted molar refractivity (Wildman–Crippen MR) is 100 cm³/mol. The van der Waals surface area contributed by atoms with Crippen LogP contribution in [0.5, 0.6) is 0 Å². The SMILES string of the molecule is C/C=C/c1cc(C)cc(C(=O)c2c(C(C)C)c(=O)[nH]c(=O)n2CC)c1. The fourth-order valence-electron chi connectivity index (χ4n) is 3.04. The summed E-state index contributed by atoms with van der Waals surface area (Å²) in [6.45, 7) is 9.59. The minimum Gasteiger partial charge on any atom is -0.290 e. The zero-order valence-corrected chi connectivity index (χ0v) is 15.3. The Morgan fingerprint density at radius 2 is 1.92 bits per heavy atom. The molecule has 132 valence electrons. The Balaban J connectivity index is 2.79. The number of ketones is 1. The molecule has 0 unspecified atom stereocenters. The van der Waals surface area contributed by atoms with Gasteiger partial charge in [-0.2, -0.15) is 0 Å². The average molecular weight is 340 g/mol. The molecular formula is C20H24N2O3. The van der Waals surface area contributed by atoms with Crippen LogP contribution in [0, 0.1) is 6.92 Å². The van der Waals surface area contributed by atoms with Crippen molar-refractivity contribution in [2.75, 3.05) is 0 Å². The maximum absolute atomic E-state index is 13.2. The van der Waals surface area contributed by atoms with Crippen molar-refractivity contribution in [2.45, 2.75) is 47.1 Å². The number of hydrogen-bond acceptors (Lipinski definition) is 3. The molecule has 0 atom stereocenters. The van der Waals surface area contributed by atoms with Gasteiger partial charge in [-0.1, -0.05) is 32.1 Å². The van der Waals surface area contributed by atoms with Crippen molar-refractivity contribution in [3.05, 3.63) is 73.1 Å². The quantitative estimate of drug-likeness (QED) is 0.849. The lowest BCUT2D eigenvalue weighted by Gasteiger charge is -2.16. The van der Waals surface area contributed by atoms with Crippen LogP contribution >= 0.6 is 0 Å². The lowest BCUT2D eigenvalue weighted by molar-refractivity contribution is 0.102. The summed E-state index contributed by atoms with van der Waals surface area (Å²) < 4.78 is 1.34. The summed E-state index contributed by atoms with van der Waals surface area (Å²) in [5.74, 6) is -0.482. The summed E-state index contributed by atoms with van der Waals surface area (Å²) in [6, 6.07) is 5.54. The van der Waals surface area contributed by atoms with Gasteiger partial charge in [0.1, 0.15) is 5.69 Å². The summed E-state index contributed by atoms with van der Waals surface area (Å²) in [5, 5.41) is 0. The molecule has 2 aromatic rings. The fraction of sp³-hybridized carbons (Fsp3) is 0.350. The number of H-pyrrole nitrogens is 1. The molecule has 0 fully saturated rings. The van der Waals surface area contributed by atoms with Crippen molar-refractivity contribution in [3.8, 4) is 0 Å². The van der Waals surface area contributed by atoms with E-state index in [1.165, 1.54) is 4.57 Å². The highest BCUT2D eigenvalue weighted by atomic mass is 16.2. The van der Waals surface area contributed by atoms with Crippen LogP contribution in [0.2, 0.25) is 0 Å². The predicted octanol–water partition coefficient (Wildman–Crippen LogP) is 3.25. The van der Waals surface area contributed by atoms with Gasteiger partial charge in [-0.15, -0.1) is 0 Å². The fourth-order valence-corrected chi connectivity index (χ4v) is 3.04. The van der Waals surface area contributed by atoms with Gasteiger partial charge in [0.25, 0.3) is 5.56 Å². The summed E-state index contributed by atoms with van der Waals surface area (Å²) in [7, 11) is 0. The van der Waals surface area contributed by atoms with Gasteiger partial charge >= 0.3 is 5.69 Å². The molecule has 0 saturated carbocycles. The van der Waals surface area contributed by atoms with E-state index in [-0.39, 0.29) is 17.4 Å². The zero-order chi connectivity index (χ0) is 18.7. The van der Waals surface area contributed by atoms with E-state index in [1.54, 1.807) is 19.1 Å². The van der Waals surface area contributed by atoms with Crippen molar-refractivity contribution in [3.63, 3.8) is 0 Å². The number of carbonyl (C=O) groups excluding carboxylic acids is 1. The van der Waals surface area contributed by atoms with Crippen LogP contribution in [-0.4, -0.2) is 15.3 Å². The third kappa shape index (κ3) is 3.71. The first-order valence-electron chi connectivity index (χ1n) is 8.46. The molecule has 0 aliphatic carbocycles. The standard InChI is InChI=1S/C20H24N2O3/c1-6-8-14-9-13(5)10-15(11-14)18(23)17-16(12(3)4)19(24)21-20(25)22(17)7-2/h6,8-12H,7H2,1-5H3,(H,21,24,25)/b8-6+. The van der Waals surface area contributed by atoms with Crippen LogP contribution in [0.3, 0.4) is 0 Å². The van der Waals surface area contributed by atoms with E-state index in [2.05, 4.69) is 4.98 Å². The highest BCUT2D eigenvalue weighted by Gasteiger charge is 2.24. The lowest BCUT2D eigenvalue weighted by Crippen LogP contribution is -2.37. The van der Waals surface area contributed by atoms with E-state index in [0.717, 1.165) is 11.1 Å². The number of nitrogens with zero attached hydrogens (tertiary/aromatic N) is 1.